The van der Waals surface area contributed by atoms with E-state index in [1.54, 1.807) is 21.3 Å². The van der Waals surface area contributed by atoms with Crippen molar-refractivity contribution in [3.05, 3.63) is 58.7 Å². The number of nitriles is 1. The fraction of sp³-hybridized carbons (Fsp3) is 0.292. The van der Waals surface area contributed by atoms with E-state index >= 15 is 0 Å². The first kappa shape index (κ1) is 19.6. The summed E-state index contributed by atoms with van der Waals surface area (Å²) in [7, 11) is 4.87. The van der Waals surface area contributed by atoms with Crippen molar-refractivity contribution in [2.24, 2.45) is 0 Å². The monoisotopic (exact) mass is 375 g/mol. The molecule has 4 heteroatoms. The Kier molecular flexibility index (Phi) is 6.39. The largest absolute Gasteiger partial charge is 0.496 e. The molecule has 0 N–H and O–H groups in total. The van der Waals surface area contributed by atoms with Gasteiger partial charge < -0.3 is 14.2 Å². The zero-order chi connectivity index (χ0) is 19.9. The molecule has 3 rings (SSSR count). The van der Waals surface area contributed by atoms with Crippen molar-refractivity contribution >= 4 is 17.7 Å². The van der Waals surface area contributed by atoms with Crippen LogP contribution in [-0.2, 0) is 0 Å². The molecule has 0 aromatic heterocycles. The van der Waals surface area contributed by atoms with Gasteiger partial charge in [0.15, 0.2) is 11.5 Å². The van der Waals surface area contributed by atoms with Gasteiger partial charge >= 0.3 is 0 Å². The molecule has 0 bridgehead atoms. The molecule has 0 heterocycles. The maximum Gasteiger partial charge on any atom is 0.161 e. The minimum absolute atomic E-state index is 0.561. The van der Waals surface area contributed by atoms with Crippen molar-refractivity contribution in [2.45, 2.75) is 25.7 Å². The Balaban J connectivity index is 1.99. The Labute approximate surface area is 166 Å². The third kappa shape index (κ3) is 4.37. The molecule has 4 nitrogen and oxygen atoms in total. The maximum absolute atomic E-state index is 9.70. The molecule has 1 aliphatic rings. The van der Waals surface area contributed by atoms with Gasteiger partial charge in [0.05, 0.1) is 33.0 Å². The Hall–Kier alpha value is -3.19. The SMILES string of the molecule is COc1ccc(C=C(C#N)c2ccc(OC)c(OC)c2)cc1C=C1CCCC1. The molecular formula is C24H25NO3. The van der Waals surface area contributed by atoms with Gasteiger partial charge in [0.25, 0.3) is 0 Å². The van der Waals surface area contributed by atoms with Crippen LogP contribution in [0, 0.1) is 11.3 Å². The average molecular weight is 375 g/mol. The number of hydrogen-bond acceptors (Lipinski definition) is 4. The Morgan fingerprint density at radius 1 is 0.893 bits per heavy atom. The van der Waals surface area contributed by atoms with Gasteiger partial charge in [-0.2, -0.15) is 5.26 Å². The van der Waals surface area contributed by atoms with Crippen LogP contribution >= 0.6 is 0 Å². The first-order valence-electron chi connectivity index (χ1n) is 9.40. The normalized spacial score (nSPS) is 13.8. The van der Waals surface area contributed by atoms with Crippen molar-refractivity contribution in [3.63, 3.8) is 0 Å². The highest BCUT2D eigenvalue weighted by Crippen LogP contribution is 2.33. The average Bonchev–Trinajstić information content (AvgIpc) is 3.24. The van der Waals surface area contributed by atoms with Crippen LogP contribution in [0.4, 0.5) is 0 Å². The smallest absolute Gasteiger partial charge is 0.161 e. The third-order valence-corrected chi connectivity index (χ3v) is 4.99. The molecule has 144 valence electrons. The molecule has 0 atom stereocenters. The summed E-state index contributed by atoms with van der Waals surface area (Å²) >= 11 is 0. The fourth-order valence-corrected chi connectivity index (χ4v) is 3.50. The molecule has 1 saturated carbocycles. The second kappa shape index (κ2) is 9.14. The van der Waals surface area contributed by atoms with Crippen LogP contribution in [0.15, 0.2) is 42.0 Å². The second-order valence-electron chi connectivity index (χ2n) is 6.75. The van der Waals surface area contributed by atoms with E-state index < -0.39 is 0 Å². The first-order valence-corrected chi connectivity index (χ1v) is 9.40. The standard InChI is InChI=1S/C24H25NO3/c1-26-22-10-8-18(13-20(22)12-17-6-4-5-7-17)14-21(16-25)19-9-11-23(27-2)24(15-19)28-3/h8-15H,4-7H2,1-3H3. The van der Waals surface area contributed by atoms with Crippen molar-refractivity contribution in [3.8, 4) is 23.3 Å². The van der Waals surface area contributed by atoms with E-state index in [1.165, 1.54) is 18.4 Å². The van der Waals surface area contributed by atoms with Gasteiger partial charge in [-0.15, -0.1) is 0 Å². The summed E-state index contributed by atoms with van der Waals surface area (Å²) in [6.45, 7) is 0. The Morgan fingerprint density at radius 2 is 1.57 bits per heavy atom. The topological polar surface area (TPSA) is 51.5 Å². The molecule has 1 fully saturated rings. The maximum atomic E-state index is 9.70. The predicted octanol–water partition coefficient (Wildman–Crippen LogP) is 5.73. The first-order chi connectivity index (χ1) is 13.7. The highest BCUT2D eigenvalue weighted by atomic mass is 16.5. The van der Waals surface area contributed by atoms with Crippen LogP contribution < -0.4 is 14.2 Å². The zero-order valence-corrected chi connectivity index (χ0v) is 16.6. The van der Waals surface area contributed by atoms with Gasteiger partial charge in [-0.25, -0.2) is 0 Å². The lowest BCUT2D eigenvalue weighted by molar-refractivity contribution is 0.355. The summed E-state index contributed by atoms with van der Waals surface area (Å²) in [4.78, 5) is 0. The molecule has 0 aliphatic heterocycles. The summed E-state index contributed by atoms with van der Waals surface area (Å²) in [6.07, 6.45) is 8.93. The number of ether oxygens (including phenoxy) is 3. The predicted molar refractivity (Wildman–Crippen MR) is 112 cm³/mol. The molecule has 0 radical (unpaired) electrons. The number of allylic oxidation sites excluding steroid dienone is 2. The van der Waals surface area contributed by atoms with E-state index in [1.807, 2.05) is 36.4 Å². The molecule has 0 unspecified atom stereocenters. The molecule has 2 aromatic carbocycles. The lowest BCUT2D eigenvalue weighted by Gasteiger charge is -2.10. The van der Waals surface area contributed by atoms with Crippen molar-refractivity contribution in [1.29, 1.82) is 5.26 Å². The number of nitrogens with zero attached hydrogens (tertiary/aromatic N) is 1. The van der Waals surface area contributed by atoms with Gasteiger partial charge in [0.1, 0.15) is 5.75 Å². The van der Waals surface area contributed by atoms with Gasteiger partial charge in [0, 0.05) is 5.56 Å². The van der Waals surface area contributed by atoms with E-state index in [4.69, 9.17) is 14.2 Å². The highest BCUT2D eigenvalue weighted by Gasteiger charge is 2.11. The van der Waals surface area contributed by atoms with Crippen LogP contribution in [-0.4, -0.2) is 21.3 Å². The molecule has 0 saturated heterocycles. The second-order valence-corrected chi connectivity index (χ2v) is 6.75. The number of rotatable bonds is 6. The van der Waals surface area contributed by atoms with E-state index in [9.17, 15) is 5.26 Å². The molecule has 1 aliphatic carbocycles. The highest BCUT2D eigenvalue weighted by molar-refractivity contribution is 5.90. The van der Waals surface area contributed by atoms with E-state index in [2.05, 4.69) is 18.2 Å². The summed E-state index contributed by atoms with van der Waals surface area (Å²) in [5, 5.41) is 9.70. The molecule has 0 spiro atoms. The number of benzene rings is 2. The van der Waals surface area contributed by atoms with Crippen LogP contribution in [0.2, 0.25) is 0 Å². The summed E-state index contributed by atoms with van der Waals surface area (Å²) < 4.78 is 16.2. The minimum atomic E-state index is 0.561. The van der Waals surface area contributed by atoms with E-state index in [0.29, 0.717) is 17.1 Å². The number of methoxy groups -OCH3 is 3. The van der Waals surface area contributed by atoms with Gasteiger partial charge in [-0.3, -0.25) is 0 Å². The van der Waals surface area contributed by atoms with Crippen LogP contribution in [0.5, 0.6) is 17.2 Å². The van der Waals surface area contributed by atoms with Gasteiger partial charge in [-0.1, -0.05) is 17.7 Å². The van der Waals surface area contributed by atoms with Crippen LogP contribution in [0.1, 0.15) is 42.4 Å². The summed E-state index contributed by atoms with van der Waals surface area (Å²) in [5.74, 6) is 2.09. The molecule has 0 amide bonds. The quantitative estimate of drug-likeness (QED) is 0.478. The lowest BCUT2D eigenvalue weighted by atomic mass is 10.0. The van der Waals surface area contributed by atoms with Crippen LogP contribution in [0.25, 0.3) is 17.7 Å². The molecule has 28 heavy (non-hydrogen) atoms. The molecule has 2 aromatic rings. The van der Waals surface area contributed by atoms with Crippen molar-refractivity contribution in [2.75, 3.05) is 21.3 Å². The van der Waals surface area contributed by atoms with Crippen LogP contribution in [0.3, 0.4) is 0 Å². The summed E-state index contributed by atoms with van der Waals surface area (Å²) in [5.41, 5.74) is 4.81. The minimum Gasteiger partial charge on any atom is -0.496 e. The molecular weight excluding hydrogens is 350 g/mol. The van der Waals surface area contributed by atoms with Crippen molar-refractivity contribution < 1.29 is 14.2 Å². The van der Waals surface area contributed by atoms with E-state index in [-0.39, 0.29) is 0 Å². The Morgan fingerprint density at radius 3 is 2.21 bits per heavy atom. The van der Waals surface area contributed by atoms with E-state index in [0.717, 1.165) is 35.3 Å². The van der Waals surface area contributed by atoms with Gasteiger partial charge in [-0.05, 0) is 73.2 Å². The Bertz CT molecular complexity index is 943. The summed E-state index contributed by atoms with van der Waals surface area (Å²) in [6, 6.07) is 13.8. The fourth-order valence-electron chi connectivity index (χ4n) is 3.50. The zero-order valence-electron chi connectivity index (χ0n) is 16.6. The third-order valence-electron chi connectivity index (χ3n) is 4.99. The van der Waals surface area contributed by atoms with Crippen molar-refractivity contribution in [1.82, 2.24) is 0 Å². The number of hydrogen-bond donors (Lipinski definition) is 0. The lowest BCUT2D eigenvalue weighted by Crippen LogP contribution is -1.92. The van der Waals surface area contributed by atoms with Gasteiger partial charge in [0.2, 0.25) is 0 Å².